The van der Waals surface area contributed by atoms with Crippen molar-refractivity contribution in [3.8, 4) is 0 Å². The molecule has 1 aliphatic carbocycles. The first-order valence-electron chi connectivity index (χ1n) is 8.19. The quantitative estimate of drug-likeness (QED) is 0.689. The molecule has 116 valence electrons. The van der Waals surface area contributed by atoms with Crippen LogP contribution >= 0.6 is 11.3 Å². The van der Waals surface area contributed by atoms with Crippen molar-refractivity contribution in [2.75, 3.05) is 20.1 Å². The molecule has 1 N–H and O–H groups in total. The molecule has 1 saturated carbocycles. The summed E-state index contributed by atoms with van der Waals surface area (Å²) < 4.78 is 0. The van der Waals surface area contributed by atoms with Crippen molar-refractivity contribution in [3.05, 3.63) is 16.1 Å². The molecule has 0 spiro atoms. The Morgan fingerprint density at radius 3 is 2.67 bits per heavy atom. The average molecular weight is 306 g/mol. The van der Waals surface area contributed by atoms with Gasteiger partial charge < -0.3 is 10.2 Å². The highest BCUT2D eigenvalue weighted by Crippen LogP contribution is 2.35. The number of guanidine groups is 1. The van der Waals surface area contributed by atoms with Crippen LogP contribution in [0.5, 0.6) is 0 Å². The van der Waals surface area contributed by atoms with Crippen LogP contribution in [-0.4, -0.2) is 36.0 Å². The summed E-state index contributed by atoms with van der Waals surface area (Å²) in [5.41, 5.74) is 0. The third-order valence-corrected chi connectivity index (χ3v) is 5.98. The molecule has 0 aromatic carbocycles. The van der Waals surface area contributed by atoms with Crippen LogP contribution in [0, 0.1) is 11.8 Å². The molecule has 2 aliphatic rings. The molecule has 2 atom stereocenters. The van der Waals surface area contributed by atoms with E-state index >= 15 is 0 Å². The van der Waals surface area contributed by atoms with Crippen LogP contribution in [0.3, 0.4) is 0 Å². The Hall–Kier alpha value is -1.10. The highest BCUT2D eigenvalue weighted by atomic mass is 32.1. The maximum atomic E-state index is 4.48. The molecule has 1 aliphatic heterocycles. The van der Waals surface area contributed by atoms with E-state index < -0.39 is 0 Å². The molecule has 0 amide bonds. The monoisotopic (exact) mass is 306 g/mol. The SMILES string of the molecule is CCc1cnc(CNC(=NC)N2CC3CCCCC3C2)s1. The van der Waals surface area contributed by atoms with E-state index in [1.54, 1.807) is 11.3 Å². The summed E-state index contributed by atoms with van der Waals surface area (Å²) in [7, 11) is 1.89. The maximum absolute atomic E-state index is 4.48. The number of fused-ring (bicyclic) bond motifs is 1. The Balaban J connectivity index is 1.56. The van der Waals surface area contributed by atoms with Gasteiger partial charge in [-0.3, -0.25) is 4.99 Å². The van der Waals surface area contributed by atoms with Crippen LogP contribution in [0.4, 0.5) is 0 Å². The summed E-state index contributed by atoms with van der Waals surface area (Å²) in [6.07, 6.45) is 8.71. The van der Waals surface area contributed by atoms with Gasteiger partial charge in [-0.2, -0.15) is 0 Å². The molecule has 1 aromatic heterocycles. The number of nitrogens with zero attached hydrogens (tertiary/aromatic N) is 3. The van der Waals surface area contributed by atoms with Gasteiger partial charge in [0, 0.05) is 31.2 Å². The second kappa shape index (κ2) is 6.77. The Morgan fingerprint density at radius 1 is 1.38 bits per heavy atom. The van der Waals surface area contributed by atoms with Gasteiger partial charge in [-0.05, 0) is 31.1 Å². The molecule has 1 saturated heterocycles. The lowest BCUT2D eigenvalue weighted by Crippen LogP contribution is -2.39. The highest BCUT2D eigenvalue weighted by molar-refractivity contribution is 7.11. The van der Waals surface area contributed by atoms with Gasteiger partial charge in [-0.15, -0.1) is 11.3 Å². The van der Waals surface area contributed by atoms with E-state index in [2.05, 4.69) is 27.1 Å². The van der Waals surface area contributed by atoms with E-state index in [9.17, 15) is 0 Å². The number of aryl methyl sites for hydroxylation is 1. The number of rotatable bonds is 3. The first kappa shape index (κ1) is 14.8. The van der Waals surface area contributed by atoms with E-state index in [1.165, 1.54) is 43.6 Å². The molecule has 21 heavy (non-hydrogen) atoms. The minimum Gasteiger partial charge on any atom is -0.350 e. The Kier molecular flexibility index (Phi) is 4.78. The number of aliphatic imine (C=N–C) groups is 1. The third-order valence-electron chi connectivity index (χ3n) is 4.84. The van der Waals surface area contributed by atoms with Crippen molar-refractivity contribution in [1.82, 2.24) is 15.2 Å². The van der Waals surface area contributed by atoms with Crippen molar-refractivity contribution in [2.24, 2.45) is 16.8 Å². The first-order valence-corrected chi connectivity index (χ1v) is 9.01. The van der Waals surface area contributed by atoms with Crippen LogP contribution < -0.4 is 5.32 Å². The zero-order valence-electron chi connectivity index (χ0n) is 13.1. The lowest BCUT2D eigenvalue weighted by atomic mass is 9.82. The molecule has 2 heterocycles. The molecule has 2 unspecified atom stereocenters. The fourth-order valence-corrected chi connectivity index (χ4v) is 4.46. The molecule has 4 nitrogen and oxygen atoms in total. The lowest BCUT2D eigenvalue weighted by Gasteiger charge is -2.22. The van der Waals surface area contributed by atoms with Gasteiger partial charge >= 0.3 is 0 Å². The normalized spacial score (nSPS) is 26.0. The molecule has 2 fully saturated rings. The number of thiazole rings is 1. The van der Waals surface area contributed by atoms with Gasteiger partial charge in [0.15, 0.2) is 5.96 Å². The summed E-state index contributed by atoms with van der Waals surface area (Å²) in [6, 6.07) is 0. The number of aromatic nitrogens is 1. The lowest BCUT2D eigenvalue weighted by molar-refractivity contribution is 0.299. The Bertz CT molecular complexity index is 482. The standard InChI is InChI=1S/C16H26N4S/c1-3-14-8-18-15(21-14)9-19-16(17-2)20-10-12-6-4-5-7-13(12)11-20/h8,12-13H,3-7,9-11H2,1-2H3,(H,17,19). The fraction of sp³-hybridized carbons (Fsp3) is 0.750. The number of hydrogen-bond acceptors (Lipinski definition) is 3. The van der Waals surface area contributed by atoms with Gasteiger partial charge in [0.05, 0.1) is 6.54 Å². The van der Waals surface area contributed by atoms with Crippen LogP contribution in [0.25, 0.3) is 0 Å². The summed E-state index contributed by atoms with van der Waals surface area (Å²) in [4.78, 5) is 12.8. The fourth-order valence-electron chi connectivity index (χ4n) is 3.66. The largest absolute Gasteiger partial charge is 0.350 e. The molecule has 3 rings (SSSR count). The van der Waals surface area contributed by atoms with Crippen molar-refractivity contribution < 1.29 is 0 Å². The Morgan fingerprint density at radius 2 is 2.10 bits per heavy atom. The van der Waals surface area contributed by atoms with Gasteiger partial charge in [0.25, 0.3) is 0 Å². The third kappa shape index (κ3) is 3.39. The maximum Gasteiger partial charge on any atom is 0.194 e. The minimum atomic E-state index is 0.795. The zero-order valence-corrected chi connectivity index (χ0v) is 14.0. The summed E-state index contributed by atoms with van der Waals surface area (Å²) in [5.74, 6) is 2.84. The van der Waals surface area contributed by atoms with Crippen molar-refractivity contribution in [1.29, 1.82) is 0 Å². The first-order chi connectivity index (χ1) is 10.3. The van der Waals surface area contributed by atoms with Crippen molar-refractivity contribution in [2.45, 2.75) is 45.6 Å². The van der Waals surface area contributed by atoms with Crippen LogP contribution in [0.2, 0.25) is 0 Å². The molecular formula is C16H26N4S. The van der Waals surface area contributed by atoms with Crippen molar-refractivity contribution >= 4 is 17.3 Å². The van der Waals surface area contributed by atoms with E-state index in [4.69, 9.17) is 0 Å². The average Bonchev–Trinajstić information content (AvgIpc) is 3.14. The van der Waals surface area contributed by atoms with Crippen molar-refractivity contribution in [3.63, 3.8) is 0 Å². The summed E-state index contributed by atoms with van der Waals surface area (Å²) in [6.45, 7) is 5.34. The summed E-state index contributed by atoms with van der Waals surface area (Å²) >= 11 is 1.80. The number of nitrogens with one attached hydrogen (secondary N) is 1. The Labute approximate surface area is 131 Å². The highest BCUT2D eigenvalue weighted by Gasteiger charge is 2.35. The van der Waals surface area contributed by atoms with E-state index in [1.807, 2.05) is 13.2 Å². The molecular weight excluding hydrogens is 280 g/mol. The van der Waals surface area contributed by atoms with Gasteiger partial charge in [0.1, 0.15) is 5.01 Å². The van der Waals surface area contributed by atoms with E-state index in [0.717, 1.165) is 35.8 Å². The minimum absolute atomic E-state index is 0.795. The molecule has 5 heteroatoms. The number of likely N-dealkylation sites (tertiary alicyclic amines) is 1. The predicted molar refractivity (Wildman–Crippen MR) is 88.7 cm³/mol. The molecule has 0 bridgehead atoms. The van der Waals surface area contributed by atoms with Crippen LogP contribution in [-0.2, 0) is 13.0 Å². The van der Waals surface area contributed by atoms with E-state index in [-0.39, 0.29) is 0 Å². The number of hydrogen-bond donors (Lipinski definition) is 1. The zero-order chi connectivity index (χ0) is 14.7. The predicted octanol–water partition coefficient (Wildman–Crippen LogP) is 2.90. The van der Waals surface area contributed by atoms with Gasteiger partial charge in [-0.25, -0.2) is 4.98 Å². The smallest absolute Gasteiger partial charge is 0.194 e. The molecule has 1 aromatic rings. The summed E-state index contributed by atoms with van der Waals surface area (Å²) in [5, 5.41) is 4.66. The van der Waals surface area contributed by atoms with E-state index in [0.29, 0.717) is 0 Å². The van der Waals surface area contributed by atoms with Gasteiger partial charge in [-0.1, -0.05) is 19.8 Å². The second-order valence-electron chi connectivity index (χ2n) is 6.18. The topological polar surface area (TPSA) is 40.5 Å². The second-order valence-corrected chi connectivity index (χ2v) is 7.38. The van der Waals surface area contributed by atoms with Gasteiger partial charge in [0.2, 0.25) is 0 Å². The van der Waals surface area contributed by atoms with Crippen LogP contribution in [0.1, 0.15) is 42.5 Å². The molecule has 0 radical (unpaired) electrons. The van der Waals surface area contributed by atoms with Crippen LogP contribution in [0.15, 0.2) is 11.2 Å².